The molecule has 1 unspecified atom stereocenters. The van der Waals surface area contributed by atoms with Crippen LogP contribution >= 0.6 is 35.6 Å². The number of aromatic nitrogens is 3. The highest BCUT2D eigenvalue weighted by Crippen LogP contribution is 2.36. The summed E-state index contributed by atoms with van der Waals surface area (Å²) < 4.78 is 42.6. The number of ether oxygens (including phenoxy) is 1. The summed E-state index contributed by atoms with van der Waals surface area (Å²) in [7, 11) is 0. The van der Waals surface area contributed by atoms with Gasteiger partial charge < -0.3 is 4.74 Å². The number of nitrogens with one attached hydrogen (secondary N) is 2. The molecule has 0 spiro atoms. The topological polar surface area (TPSA) is 96.7 Å². The van der Waals surface area contributed by atoms with E-state index in [1.165, 1.54) is 51.9 Å². The number of nitrogens with zero attached hydrogens (tertiary/aromatic N) is 5. The minimum Gasteiger partial charge on any atom is -0.406 e. The Morgan fingerprint density at radius 1 is 1.11 bits per heavy atom. The monoisotopic (exact) mass is 659 g/mol. The van der Waals surface area contributed by atoms with E-state index in [4.69, 9.17) is 23.8 Å². The second kappa shape index (κ2) is 12.9. The number of alkyl halides is 3. The standard InChI is InChI=1S/C29H25ClF3N7O2S2/c1-16-4-13-23(30)25(17(16)2)40-24(41)14-44-28(40)35-27(43)37-36-18(3)19-5-7-20(8-6-19)26-34-15-39(38-26)21-9-11-22(12-10-21)42-29(31,32)33/h4-13,15,18,36H,14H2,1-3H3,(H,37,43)/b35-28-. The average Bonchev–Trinajstić information content (AvgIpc) is 3.61. The summed E-state index contributed by atoms with van der Waals surface area (Å²) in [6.45, 7) is 5.80. The molecule has 2 N–H and O–H groups in total. The lowest BCUT2D eigenvalue weighted by Crippen LogP contribution is -2.38. The molecule has 9 nitrogen and oxygen atoms in total. The van der Waals surface area contributed by atoms with Gasteiger partial charge in [-0.3, -0.25) is 15.1 Å². The lowest BCUT2D eigenvalue weighted by molar-refractivity contribution is -0.274. The van der Waals surface area contributed by atoms with Crippen LogP contribution in [0.15, 0.2) is 72.0 Å². The van der Waals surface area contributed by atoms with E-state index in [9.17, 15) is 18.0 Å². The number of aryl methyl sites for hydroxylation is 1. The van der Waals surface area contributed by atoms with Crippen LogP contribution in [0.4, 0.5) is 18.9 Å². The fraction of sp³-hybridized carbons (Fsp3) is 0.207. The first-order valence-corrected chi connectivity index (χ1v) is 14.9. The highest BCUT2D eigenvalue weighted by molar-refractivity contribution is 8.15. The third-order valence-electron chi connectivity index (χ3n) is 6.73. The first-order valence-electron chi connectivity index (χ1n) is 13.1. The molecule has 1 aromatic heterocycles. The van der Waals surface area contributed by atoms with Crippen LogP contribution < -0.4 is 20.5 Å². The van der Waals surface area contributed by atoms with E-state index in [1.54, 1.807) is 6.07 Å². The number of carbonyl (C=O) groups excluding carboxylic acids is 1. The van der Waals surface area contributed by atoms with Crippen molar-refractivity contribution in [2.75, 3.05) is 10.7 Å². The molecule has 0 radical (unpaired) electrons. The van der Waals surface area contributed by atoms with Gasteiger partial charge in [-0.05, 0) is 80.0 Å². The Hall–Kier alpha value is -3.98. The quantitative estimate of drug-likeness (QED) is 0.168. The molecule has 1 aliphatic heterocycles. The third-order valence-corrected chi connectivity index (χ3v) is 8.15. The molecule has 228 valence electrons. The van der Waals surface area contributed by atoms with Crippen molar-refractivity contribution in [3.8, 4) is 22.8 Å². The van der Waals surface area contributed by atoms with Crippen LogP contribution in [0.1, 0.15) is 29.7 Å². The minimum absolute atomic E-state index is 0.124. The van der Waals surface area contributed by atoms with Crippen LogP contribution in [0.25, 0.3) is 17.1 Å². The predicted octanol–water partition coefficient (Wildman–Crippen LogP) is 6.68. The number of thioether (sulfide) groups is 1. The third kappa shape index (κ3) is 7.21. The molecule has 1 amide bonds. The number of anilines is 1. The van der Waals surface area contributed by atoms with Gasteiger partial charge in [0.1, 0.15) is 12.1 Å². The van der Waals surface area contributed by atoms with Crippen molar-refractivity contribution in [2.45, 2.75) is 33.2 Å². The lowest BCUT2D eigenvalue weighted by atomic mass is 10.1. The Morgan fingerprint density at radius 2 is 1.82 bits per heavy atom. The van der Waals surface area contributed by atoms with Gasteiger partial charge in [-0.15, -0.1) is 18.3 Å². The molecule has 0 aliphatic carbocycles. The Morgan fingerprint density at radius 3 is 2.50 bits per heavy atom. The van der Waals surface area contributed by atoms with Crippen LogP contribution in [-0.2, 0) is 4.79 Å². The van der Waals surface area contributed by atoms with Gasteiger partial charge >= 0.3 is 6.36 Å². The van der Waals surface area contributed by atoms with Crippen molar-refractivity contribution >= 4 is 57.5 Å². The van der Waals surface area contributed by atoms with Gasteiger partial charge in [0, 0.05) is 11.6 Å². The van der Waals surface area contributed by atoms with E-state index in [1.807, 2.05) is 51.1 Å². The normalized spacial score (nSPS) is 15.1. The van der Waals surface area contributed by atoms with E-state index in [0.29, 0.717) is 27.4 Å². The molecular weight excluding hydrogens is 635 g/mol. The van der Waals surface area contributed by atoms with Crippen LogP contribution in [-0.4, -0.2) is 43.1 Å². The summed E-state index contributed by atoms with van der Waals surface area (Å²) in [6.07, 6.45) is -3.28. The van der Waals surface area contributed by atoms with Gasteiger partial charge in [-0.2, -0.15) is 4.99 Å². The Bertz CT molecular complexity index is 1730. The first kappa shape index (κ1) is 31.4. The summed E-state index contributed by atoms with van der Waals surface area (Å²) in [5.41, 5.74) is 10.8. The van der Waals surface area contributed by atoms with Gasteiger partial charge in [0.2, 0.25) is 11.0 Å². The number of hydrogen-bond donors (Lipinski definition) is 2. The number of thiocarbonyl (C=S) groups is 1. The Kier molecular flexibility index (Phi) is 9.25. The van der Waals surface area contributed by atoms with Crippen molar-refractivity contribution in [1.82, 2.24) is 25.6 Å². The van der Waals surface area contributed by atoms with Crippen molar-refractivity contribution in [1.29, 1.82) is 0 Å². The Balaban J connectivity index is 1.20. The number of rotatable bonds is 7. The number of amides is 1. The predicted molar refractivity (Wildman–Crippen MR) is 169 cm³/mol. The summed E-state index contributed by atoms with van der Waals surface area (Å²) >= 11 is 13.2. The van der Waals surface area contributed by atoms with Crippen molar-refractivity contribution < 1.29 is 22.7 Å². The molecule has 0 saturated carbocycles. The fourth-order valence-electron chi connectivity index (χ4n) is 4.32. The molecular formula is C29H25ClF3N7O2S2. The zero-order valence-corrected chi connectivity index (χ0v) is 25.9. The molecule has 1 aliphatic rings. The van der Waals surface area contributed by atoms with E-state index in [2.05, 4.69) is 30.7 Å². The van der Waals surface area contributed by atoms with E-state index >= 15 is 0 Å². The molecule has 5 rings (SSSR count). The summed E-state index contributed by atoms with van der Waals surface area (Å²) in [5, 5.41) is 5.49. The number of aliphatic imine (C=N–C) groups is 1. The van der Waals surface area contributed by atoms with Gasteiger partial charge in [-0.25, -0.2) is 15.1 Å². The second-order valence-electron chi connectivity index (χ2n) is 9.72. The highest BCUT2D eigenvalue weighted by atomic mass is 35.5. The van der Waals surface area contributed by atoms with E-state index in [0.717, 1.165) is 22.3 Å². The van der Waals surface area contributed by atoms with Crippen molar-refractivity contribution in [3.63, 3.8) is 0 Å². The first-order chi connectivity index (χ1) is 20.9. The zero-order valence-electron chi connectivity index (χ0n) is 23.5. The zero-order chi connectivity index (χ0) is 31.6. The molecule has 15 heteroatoms. The Labute approximate surface area is 265 Å². The molecule has 1 saturated heterocycles. The smallest absolute Gasteiger partial charge is 0.406 e. The summed E-state index contributed by atoms with van der Waals surface area (Å²) in [6, 6.07) is 16.4. The van der Waals surface area contributed by atoms with Crippen LogP contribution in [0.5, 0.6) is 5.75 Å². The van der Waals surface area contributed by atoms with Crippen LogP contribution in [0.2, 0.25) is 5.02 Å². The number of hydrogen-bond acceptors (Lipinski definition) is 7. The number of benzene rings is 3. The summed E-state index contributed by atoms with van der Waals surface area (Å²) in [5.74, 6) is 0.234. The maximum atomic E-state index is 12.7. The van der Waals surface area contributed by atoms with Crippen LogP contribution in [0.3, 0.4) is 0 Å². The van der Waals surface area contributed by atoms with E-state index in [-0.39, 0.29) is 28.6 Å². The van der Waals surface area contributed by atoms with Crippen molar-refractivity contribution in [3.05, 3.63) is 88.7 Å². The number of carbonyl (C=O) groups is 1. The number of hydrazine groups is 1. The molecule has 1 atom stereocenters. The largest absolute Gasteiger partial charge is 0.573 e. The minimum atomic E-state index is -4.76. The SMILES string of the molecule is Cc1ccc(Cl)c(N2C(=O)CS/C2=N\C(=S)NNC(C)c2ccc(-c3ncn(-c4ccc(OC(F)(F)F)cc4)n3)cc2)c1C. The summed E-state index contributed by atoms with van der Waals surface area (Å²) in [4.78, 5) is 23.0. The molecule has 2 heterocycles. The van der Waals surface area contributed by atoms with E-state index < -0.39 is 6.36 Å². The van der Waals surface area contributed by atoms with Gasteiger partial charge in [0.15, 0.2) is 11.0 Å². The molecule has 3 aromatic carbocycles. The molecule has 0 bridgehead atoms. The van der Waals surface area contributed by atoms with Crippen molar-refractivity contribution in [2.24, 2.45) is 4.99 Å². The number of amidine groups is 1. The fourth-order valence-corrected chi connectivity index (χ4v) is 5.67. The lowest BCUT2D eigenvalue weighted by Gasteiger charge is -2.21. The molecule has 1 fully saturated rings. The highest BCUT2D eigenvalue weighted by Gasteiger charge is 2.33. The molecule has 44 heavy (non-hydrogen) atoms. The molecule has 4 aromatic rings. The van der Waals surface area contributed by atoms with Gasteiger partial charge in [0.05, 0.1) is 22.2 Å². The second-order valence-corrected chi connectivity index (χ2v) is 11.5. The maximum absolute atomic E-state index is 12.7. The van der Waals surface area contributed by atoms with Gasteiger partial charge in [0.25, 0.3) is 0 Å². The van der Waals surface area contributed by atoms with Gasteiger partial charge in [-0.1, -0.05) is 53.7 Å². The number of halogens is 4. The van der Waals surface area contributed by atoms with Crippen LogP contribution in [0, 0.1) is 13.8 Å². The average molecular weight is 660 g/mol. The maximum Gasteiger partial charge on any atom is 0.573 e.